The predicted octanol–water partition coefficient (Wildman–Crippen LogP) is 3.55. The maximum Gasteiger partial charge on any atom is 0.407 e. The number of carbonyl (C=O) groups is 3. The number of nitrogens with one attached hydrogen (secondary N) is 2. The highest BCUT2D eigenvalue weighted by Crippen LogP contribution is 2.44. The Morgan fingerprint density at radius 1 is 1.00 bits per heavy atom. The fraction of sp³-hybridized carbons (Fsp3) is 0.423. The lowest BCUT2D eigenvalue weighted by atomic mass is 9.98. The molecule has 0 saturated carbocycles. The Hall–Kier alpha value is -3.39. The summed E-state index contributed by atoms with van der Waals surface area (Å²) in [5, 5.41) is 14.3. The van der Waals surface area contributed by atoms with E-state index in [1.807, 2.05) is 50.2 Å². The van der Waals surface area contributed by atoms with Gasteiger partial charge in [-0.15, -0.1) is 0 Å². The molecule has 3 N–H and O–H groups in total. The molecule has 1 aliphatic rings. The van der Waals surface area contributed by atoms with Crippen LogP contribution >= 0.6 is 0 Å². The summed E-state index contributed by atoms with van der Waals surface area (Å²) in [5.74, 6) is -1.71. The summed E-state index contributed by atoms with van der Waals surface area (Å²) in [6.07, 6.45) is -1.54. The number of amides is 2. The van der Waals surface area contributed by atoms with E-state index in [1.54, 1.807) is 6.92 Å². The van der Waals surface area contributed by atoms with E-state index >= 15 is 0 Å². The highest BCUT2D eigenvalue weighted by atomic mass is 16.5. The van der Waals surface area contributed by atoms with E-state index in [0.29, 0.717) is 6.61 Å². The molecule has 2 aromatic rings. The maximum atomic E-state index is 12.7. The zero-order chi connectivity index (χ0) is 24.7. The summed E-state index contributed by atoms with van der Waals surface area (Å²) in [5.41, 5.74) is 4.48. The normalized spacial score (nSPS) is 14.1. The molecule has 0 heterocycles. The highest BCUT2D eigenvalue weighted by Gasteiger charge is 2.30. The predicted molar refractivity (Wildman–Crippen MR) is 128 cm³/mol. The minimum Gasteiger partial charge on any atom is -0.481 e. The molecule has 8 nitrogen and oxygen atoms in total. The van der Waals surface area contributed by atoms with E-state index in [0.717, 1.165) is 22.3 Å². The standard InChI is InChI=1S/C26H32N2O6/c1-4-33-17(13-23(29)30)14-27-25(31)24(16(2)3)28-26(32)34-15-22-20-11-7-5-9-18(20)19-10-6-8-12-21(19)22/h5-12,16-17,22,24H,4,13-15H2,1-3H3,(H,27,31)(H,28,32)(H,29,30)/t17?,24-/m1/s1. The molecule has 0 aliphatic heterocycles. The fourth-order valence-electron chi connectivity index (χ4n) is 4.25. The van der Waals surface area contributed by atoms with Gasteiger partial charge >= 0.3 is 12.1 Å². The van der Waals surface area contributed by atoms with Crippen LogP contribution in [0.5, 0.6) is 0 Å². The zero-order valence-corrected chi connectivity index (χ0v) is 19.7. The number of ether oxygens (including phenoxy) is 2. The van der Waals surface area contributed by atoms with E-state index in [4.69, 9.17) is 14.6 Å². The SMILES string of the molecule is CCOC(CNC(=O)[C@H](NC(=O)OCC1c2ccccc2-c2ccccc21)C(C)C)CC(=O)O. The molecule has 0 saturated heterocycles. The lowest BCUT2D eigenvalue weighted by Gasteiger charge is -2.23. The Kier molecular flexibility index (Phi) is 8.65. The summed E-state index contributed by atoms with van der Waals surface area (Å²) in [6.45, 7) is 5.90. The van der Waals surface area contributed by atoms with E-state index in [2.05, 4.69) is 22.8 Å². The minimum atomic E-state index is -1.01. The molecule has 0 bridgehead atoms. The lowest BCUT2D eigenvalue weighted by Crippen LogP contribution is -2.51. The molecule has 0 radical (unpaired) electrons. The van der Waals surface area contributed by atoms with Crippen LogP contribution in [0, 0.1) is 5.92 Å². The van der Waals surface area contributed by atoms with Crippen molar-refractivity contribution in [2.45, 2.75) is 45.3 Å². The van der Waals surface area contributed by atoms with Crippen LogP contribution in [0.25, 0.3) is 11.1 Å². The first-order chi connectivity index (χ1) is 16.3. The second kappa shape index (κ2) is 11.7. The third-order valence-corrected chi connectivity index (χ3v) is 5.87. The van der Waals surface area contributed by atoms with Gasteiger partial charge in [-0.25, -0.2) is 4.79 Å². The number of hydrogen-bond donors (Lipinski definition) is 3. The molecule has 1 aliphatic carbocycles. The second-order valence-electron chi connectivity index (χ2n) is 8.61. The molecule has 0 fully saturated rings. The van der Waals surface area contributed by atoms with E-state index < -0.39 is 30.1 Å². The molecule has 2 atom stereocenters. The molecule has 1 unspecified atom stereocenters. The monoisotopic (exact) mass is 468 g/mol. The topological polar surface area (TPSA) is 114 Å². The Morgan fingerprint density at radius 2 is 1.59 bits per heavy atom. The average molecular weight is 469 g/mol. The van der Waals surface area contributed by atoms with Gasteiger partial charge in [0.2, 0.25) is 5.91 Å². The molecule has 0 aromatic heterocycles. The van der Waals surface area contributed by atoms with Crippen LogP contribution in [-0.4, -0.2) is 55.0 Å². The number of carboxylic acids is 1. The number of carboxylic acid groups (broad SMARTS) is 1. The fourth-order valence-corrected chi connectivity index (χ4v) is 4.25. The number of fused-ring (bicyclic) bond motifs is 3. The van der Waals surface area contributed by atoms with Gasteiger partial charge in [0.25, 0.3) is 0 Å². The van der Waals surface area contributed by atoms with E-state index in [9.17, 15) is 14.4 Å². The number of alkyl carbamates (subject to hydrolysis) is 1. The maximum absolute atomic E-state index is 12.7. The first-order valence-corrected chi connectivity index (χ1v) is 11.5. The van der Waals surface area contributed by atoms with E-state index in [1.165, 1.54) is 0 Å². The van der Waals surface area contributed by atoms with Crippen molar-refractivity contribution in [1.82, 2.24) is 10.6 Å². The van der Waals surface area contributed by atoms with Crippen LogP contribution in [-0.2, 0) is 19.1 Å². The quantitative estimate of drug-likeness (QED) is 0.465. The van der Waals surface area contributed by atoms with Crippen molar-refractivity contribution in [2.75, 3.05) is 19.8 Å². The van der Waals surface area contributed by atoms with Gasteiger partial charge in [-0.2, -0.15) is 0 Å². The van der Waals surface area contributed by atoms with Gasteiger partial charge in [-0.1, -0.05) is 62.4 Å². The largest absolute Gasteiger partial charge is 0.481 e. The molecular weight excluding hydrogens is 436 g/mol. The summed E-state index contributed by atoms with van der Waals surface area (Å²) >= 11 is 0. The second-order valence-corrected chi connectivity index (χ2v) is 8.61. The minimum absolute atomic E-state index is 0.0363. The molecule has 0 spiro atoms. The van der Waals surface area contributed by atoms with Gasteiger partial charge in [-0.3, -0.25) is 9.59 Å². The number of carbonyl (C=O) groups excluding carboxylic acids is 2. The summed E-state index contributed by atoms with van der Waals surface area (Å²) in [4.78, 5) is 36.3. The molecule has 3 rings (SSSR count). The first kappa shape index (κ1) is 25.2. The van der Waals surface area contributed by atoms with Crippen LogP contribution in [0.4, 0.5) is 4.79 Å². The lowest BCUT2D eigenvalue weighted by molar-refractivity contribution is -0.140. The molecule has 182 valence electrons. The van der Waals surface area contributed by atoms with Crippen molar-refractivity contribution in [3.05, 3.63) is 59.7 Å². The van der Waals surface area contributed by atoms with Gasteiger partial charge in [0.1, 0.15) is 12.6 Å². The van der Waals surface area contributed by atoms with Crippen molar-refractivity contribution in [3.63, 3.8) is 0 Å². The van der Waals surface area contributed by atoms with Gasteiger partial charge < -0.3 is 25.2 Å². The third kappa shape index (κ3) is 6.14. The van der Waals surface area contributed by atoms with Gasteiger partial charge in [0.15, 0.2) is 0 Å². The number of aliphatic carboxylic acids is 1. The molecule has 2 amide bonds. The smallest absolute Gasteiger partial charge is 0.407 e. The number of benzene rings is 2. The van der Waals surface area contributed by atoms with Gasteiger partial charge in [-0.05, 0) is 35.1 Å². The van der Waals surface area contributed by atoms with Crippen molar-refractivity contribution in [3.8, 4) is 11.1 Å². The van der Waals surface area contributed by atoms with Crippen LogP contribution in [0.15, 0.2) is 48.5 Å². The highest BCUT2D eigenvalue weighted by molar-refractivity contribution is 5.86. The third-order valence-electron chi connectivity index (χ3n) is 5.87. The van der Waals surface area contributed by atoms with Crippen LogP contribution in [0.3, 0.4) is 0 Å². The zero-order valence-electron chi connectivity index (χ0n) is 19.7. The van der Waals surface area contributed by atoms with Crippen molar-refractivity contribution in [1.29, 1.82) is 0 Å². The summed E-state index contributed by atoms with van der Waals surface area (Å²) in [7, 11) is 0. The van der Waals surface area contributed by atoms with Gasteiger partial charge in [0, 0.05) is 19.1 Å². The Morgan fingerprint density at radius 3 is 2.12 bits per heavy atom. The van der Waals surface area contributed by atoms with Crippen LogP contribution in [0.1, 0.15) is 44.2 Å². The number of hydrogen-bond acceptors (Lipinski definition) is 5. The summed E-state index contributed by atoms with van der Waals surface area (Å²) < 4.78 is 10.9. The summed E-state index contributed by atoms with van der Waals surface area (Å²) in [6, 6.07) is 15.3. The Labute approximate surface area is 199 Å². The Bertz CT molecular complexity index is 976. The van der Waals surface area contributed by atoms with Crippen molar-refractivity contribution >= 4 is 18.0 Å². The average Bonchev–Trinajstić information content (AvgIpc) is 3.13. The Balaban J connectivity index is 1.59. The van der Waals surface area contributed by atoms with Crippen LogP contribution < -0.4 is 10.6 Å². The first-order valence-electron chi connectivity index (χ1n) is 11.5. The van der Waals surface area contributed by atoms with Crippen molar-refractivity contribution in [2.24, 2.45) is 5.92 Å². The van der Waals surface area contributed by atoms with E-state index in [-0.39, 0.29) is 31.4 Å². The van der Waals surface area contributed by atoms with Crippen molar-refractivity contribution < 1.29 is 29.0 Å². The molecular formula is C26H32N2O6. The van der Waals surface area contributed by atoms with Crippen LogP contribution in [0.2, 0.25) is 0 Å². The van der Waals surface area contributed by atoms with Gasteiger partial charge in [0.05, 0.1) is 12.5 Å². The molecule has 2 aromatic carbocycles. The molecule has 8 heteroatoms. The number of rotatable bonds is 11. The molecule has 34 heavy (non-hydrogen) atoms.